The van der Waals surface area contributed by atoms with E-state index in [1.54, 1.807) is 34.6 Å². The summed E-state index contributed by atoms with van der Waals surface area (Å²) in [4.78, 5) is 49.1. The first-order chi connectivity index (χ1) is 11.4. The van der Waals surface area contributed by atoms with E-state index in [1.165, 1.54) is 0 Å². The highest BCUT2D eigenvalue weighted by Crippen LogP contribution is 1.73. The predicted octanol–water partition coefficient (Wildman–Crippen LogP) is 4.93. The van der Waals surface area contributed by atoms with Gasteiger partial charge in [0.2, 0.25) is 0 Å². The number of ketones is 5. The van der Waals surface area contributed by atoms with E-state index in [1.807, 2.05) is 34.6 Å². The summed E-state index contributed by atoms with van der Waals surface area (Å²) in [6, 6.07) is 0. The van der Waals surface area contributed by atoms with Crippen LogP contribution in [0.5, 0.6) is 0 Å². The maximum atomic E-state index is 9.81. The molecule has 0 aliphatic heterocycles. The largest absolute Gasteiger partial charge is 0.300 e. The normalized spacial score (nSPS) is 7.60. The molecule has 0 radical (unpaired) electrons. The lowest BCUT2D eigenvalue weighted by Crippen LogP contribution is -1.80. The second kappa shape index (κ2) is 30.3. The average Bonchev–Trinajstić information content (AvgIpc) is 2.56. The molecule has 0 aromatic carbocycles. The first-order valence-corrected chi connectivity index (χ1v) is 8.82. The van der Waals surface area contributed by atoms with Gasteiger partial charge < -0.3 is 24.0 Å². The standard InChI is InChI=1S/5C4H8O/c5*1-3-4(2)5/h5*3H2,1-2H3. The molecule has 0 unspecified atom stereocenters. The number of carbonyl (C=O) groups is 5. The third-order valence-electron chi connectivity index (χ3n) is 2.49. The van der Waals surface area contributed by atoms with Crippen LogP contribution in [0.3, 0.4) is 0 Å². The van der Waals surface area contributed by atoms with Gasteiger partial charge in [-0.1, -0.05) is 34.6 Å². The fraction of sp³-hybridized carbons (Fsp3) is 0.750. The molecule has 0 fully saturated rings. The summed E-state index contributed by atoms with van der Waals surface area (Å²) >= 11 is 0. The Bertz CT molecular complexity index is 276. The molecule has 0 aliphatic rings. The highest BCUT2D eigenvalue weighted by atomic mass is 16.1. The Kier molecular flexibility index (Phi) is 41.9. The van der Waals surface area contributed by atoms with Crippen molar-refractivity contribution >= 4 is 28.9 Å². The smallest absolute Gasteiger partial charge is 0.129 e. The Labute approximate surface area is 155 Å². The van der Waals surface area contributed by atoms with Crippen LogP contribution in [0.1, 0.15) is 101 Å². The van der Waals surface area contributed by atoms with Crippen LogP contribution in [0.25, 0.3) is 0 Å². The van der Waals surface area contributed by atoms with E-state index in [2.05, 4.69) is 0 Å². The molecule has 0 aromatic heterocycles. The zero-order chi connectivity index (χ0) is 21.4. The molecule has 25 heavy (non-hydrogen) atoms. The average molecular weight is 361 g/mol. The molecule has 0 amide bonds. The molecule has 5 nitrogen and oxygen atoms in total. The van der Waals surface area contributed by atoms with Crippen molar-refractivity contribution in [3.63, 3.8) is 0 Å². The van der Waals surface area contributed by atoms with E-state index in [4.69, 9.17) is 0 Å². The van der Waals surface area contributed by atoms with Crippen molar-refractivity contribution in [1.82, 2.24) is 0 Å². The fourth-order valence-electron chi connectivity index (χ4n) is 0. The molecule has 0 atom stereocenters. The van der Waals surface area contributed by atoms with Crippen molar-refractivity contribution in [2.24, 2.45) is 0 Å². The van der Waals surface area contributed by atoms with Gasteiger partial charge in [-0.05, 0) is 34.6 Å². The highest BCUT2D eigenvalue weighted by molar-refractivity contribution is 5.76. The maximum Gasteiger partial charge on any atom is 0.129 e. The van der Waals surface area contributed by atoms with E-state index in [9.17, 15) is 24.0 Å². The molecule has 0 rings (SSSR count). The minimum Gasteiger partial charge on any atom is -0.300 e. The third kappa shape index (κ3) is 133. The van der Waals surface area contributed by atoms with Crippen molar-refractivity contribution in [3.8, 4) is 0 Å². The lowest BCUT2D eigenvalue weighted by atomic mass is 10.4. The number of rotatable bonds is 5. The summed E-state index contributed by atoms with van der Waals surface area (Å²) in [7, 11) is 0. The summed E-state index contributed by atoms with van der Waals surface area (Å²) in [5, 5.41) is 0. The van der Waals surface area contributed by atoms with Crippen LogP contribution in [-0.2, 0) is 24.0 Å². The third-order valence-corrected chi connectivity index (χ3v) is 2.49. The lowest BCUT2D eigenvalue weighted by Gasteiger charge is -1.71. The minimum atomic E-state index is 0.255. The Morgan fingerprint density at radius 1 is 0.360 bits per heavy atom. The van der Waals surface area contributed by atoms with Crippen molar-refractivity contribution in [1.29, 1.82) is 0 Å². The summed E-state index contributed by atoms with van der Waals surface area (Å²) in [6.45, 7) is 17.2. The second-order valence-electron chi connectivity index (χ2n) is 5.28. The van der Waals surface area contributed by atoms with Crippen LogP contribution in [-0.4, -0.2) is 28.9 Å². The maximum absolute atomic E-state index is 9.81. The predicted molar refractivity (Wildman–Crippen MR) is 105 cm³/mol. The zero-order valence-corrected chi connectivity index (χ0v) is 18.1. The first-order valence-electron chi connectivity index (χ1n) is 8.82. The van der Waals surface area contributed by atoms with Crippen LogP contribution in [0.4, 0.5) is 0 Å². The topological polar surface area (TPSA) is 85.3 Å². The highest BCUT2D eigenvalue weighted by Gasteiger charge is 1.78. The first kappa shape index (κ1) is 34.6. The quantitative estimate of drug-likeness (QED) is 0.694. The fourth-order valence-corrected chi connectivity index (χ4v) is 0. The summed E-state index contributed by atoms with van der Waals surface area (Å²) in [5.74, 6) is 1.27. The Morgan fingerprint density at radius 2 is 0.400 bits per heavy atom. The number of carbonyl (C=O) groups excluding carboxylic acids is 5. The van der Waals surface area contributed by atoms with Crippen LogP contribution < -0.4 is 0 Å². The van der Waals surface area contributed by atoms with Gasteiger partial charge in [0.05, 0.1) is 0 Å². The zero-order valence-electron chi connectivity index (χ0n) is 18.1. The summed E-state index contributed by atoms with van der Waals surface area (Å²) in [5.41, 5.74) is 0. The van der Waals surface area contributed by atoms with Gasteiger partial charge in [-0.3, -0.25) is 0 Å². The molecular weight excluding hydrogens is 320 g/mol. The van der Waals surface area contributed by atoms with Crippen molar-refractivity contribution in [2.75, 3.05) is 0 Å². The van der Waals surface area contributed by atoms with Crippen LogP contribution in [0.15, 0.2) is 0 Å². The molecule has 0 spiro atoms. The number of hydrogen-bond acceptors (Lipinski definition) is 5. The van der Waals surface area contributed by atoms with E-state index < -0.39 is 0 Å². The second-order valence-corrected chi connectivity index (χ2v) is 5.28. The van der Waals surface area contributed by atoms with Gasteiger partial charge in [-0.15, -0.1) is 0 Å². The molecule has 0 N–H and O–H groups in total. The van der Waals surface area contributed by atoms with E-state index >= 15 is 0 Å². The number of hydrogen-bond donors (Lipinski definition) is 0. The van der Waals surface area contributed by atoms with Gasteiger partial charge in [0, 0.05) is 32.1 Å². The van der Waals surface area contributed by atoms with Crippen LogP contribution >= 0.6 is 0 Å². The molecule has 0 aromatic rings. The molecule has 0 aliphatic carbocycles. The van der Waals surface area contributed by atoms with E-state index in [-0.39, 0.29) is 28.9 Å². The van der Waals surface area contributed by atoms with Gasteiger partial charge in [0.1, 0.15) is 28.9 Å². The summed E-state index contributed by atoms with van der Waals surface area (Å²) in [6.07, 6.45) is 3.33. The molecule has 0 heterocycles. The lowest BCUT2D eigenvalue weighted by molar-refractivity contribution is -0.117. The van der Waals surface area contributed by atoms with Gasteiger partial charge in [-0.25, -0.2) is 0 Å². The number of Topliss-reactive ketones (excluding diaryl/α,β-unsaturated/α-hetero) is 5. The van der Waals surface area contributed by atoms with E-state index in [0.29, 0.717) is 32.1 Å². The van der Waals surface area contributed by atoms with Crippen LogP contribution in [0, 0.1) is 0 Å². The van der Waals surface area contributed by atoms with Crippen molar-refractivity contribution in [2.45, 2.75) is 101 Å². The SMILES string of the molecule is CCC(C)=O.CCC(C)=O.CCC(C)=O.CCC(C)=O.CCC(C)=O. The Hall–Kier alpha value is -1.65. The van der Waals surface area contributed by atoms with E-state index in [0.717, 1.165) is 0 Å². The Balaban J connectivity index is -0.0000000667. The van der Waals surface area contributed by atoms with Crippen molar-refractivity contribution in [3.05, 3.63) is 0 Å². The molecule has 5 heteroatoms. The van der Waals surface area contributed by atoms with Gasteiger partial charge in [0.25, 0.3) is 0 Å². The Morgan fingerprint density at radius 3 is 0.400 bits per heavy atom. The van der Waals surface area contributed by atoms with Crippen molar-refractivity contribution < 1.29 is 24.0 Å². The molecule has 0 saturated heterocycles. The molecule has 150 valence electrons. The van der Waals surface area contributed by atoms with Gasteiger partial charge in [0.15, 0.2) is 0 Å². The van der Waals surface area contributed by atoms with Gasteiger partial charge >= 0.3 is 0 Å². The molecular formula is C20H40O5. The molecule has 0 saturated carbocycles. The molecule has 0 bridgehead atoms. The minimum absolute atomic E-state index is 0.255. The van der Waals surface area contributed by atoms with Gasteiger partial charge in [-0.2, -0.15) is 0 Å². The summed E-state index contributed by atoms with van der Waals surface area (Å²) < 4.78 is 0. The van der Waals surface area contributed by atoms with Crippen LogP contribution in [0.2, 0.25) is 0 Å². The monoisotopic (exact) mass is 360 g/mol.